The van der Waals surface area contributed by atoms with Gasteiger partial charge in [0.2, 0.25) is 5.91 Å². The van der Waals surface area contributed by atoms with Crippen molar-refractivity contribution in [2.45, 2.75) is 69.9 Å². The second-order valence-corrected chi connectivity index (χ2v) is 8.20. The van der Waals surface area contributed by atoms with Gasteiger partial charge < -0.3 is 10.6 Å². The quantitative estimate of drug-likeness (QED) is 0.722. The van der Waals surface area contributed by atoms with E-state index in [-0.39, 0.29) is 0 Å². The third kappa shape index (κ3) is 4.12. The van der Waals surface area contributed by atoms with Gasteiger partial charge in [-0.2, -0.15) is 5.26 Å². The number of carbonyl (C=O) groups is 3. The van der Waals surface area contributed by atoms with Crippen LogP contribution in [0.2, 0.25) is 0 Å². The second kappa shape index (κ2) is 8.24. The zero-order valence-electron chi connectivity index (χ0n) is 17.1. The Morgan fingerprint density at radius 2 is 1.86 bits per heavy atom. The Bertz CT molecular complexity index is 837. The maximum atomic E-state index is 13.0. The molecule has 1 heterocycles. The molecule has 154 valence electrons. The van der Waals surface area contributed by atoms with Gasteiger partial charge in [0.1, 0.15) is 17.6 Å². The lowest BCUT2D eigenvalue weighted by molar-refractivity contribution is -0.135. The molecule has 1 aromatic rings. The van der Waals surface area contributed by atoms with E-state index in [9.17, 15) is 19.6 Å². The maximum absolute atomic E-state index is 13.0. The number of hydrogen-bond donors (Lipinski definition) is 2. The molecule has 0 spiro atoms. The van der Waals surface area contributed by atoms with Gasteiger partial charge in [0.05, 0.1) is 6.07 Å². The van der Waals surface area contributed by atoms with Crippen molar-refractivity contribution in [2.24, 2.45) is 0 Å². The third-order valence-corrected chi connectivity index (χ3v) is 5.95. The summed E-state index contributed by atoms with van der Waals surface area (Å²) in [5.74, 6) is -0.949. The maximum Gasteiger partial charge on any atom is 0.325 e. The summed E-state index contributed by atoms with van der Waals surface area (Å²) in [6.07, 6.45) is 5.96. The topological polar surface area (TPSA) is 102 Å². The zero-order valence-corrected chi connectivity index (χ0v) is 17.1. The summed E-state index contributed by atoms with van der Waals surface area (Å²) in [6, 6.07) is 9.23. The minimum absolute atomic E-state index is 0.391. The van der Waals surface area contributed by atoms with E-state index in [1.807, 2.05) is 24.3 Å². The fourth-order valence-electron chi connectivity index (χ4n) is 4.20. The molecule has 29 heavy (non-hydrogen) atoms. The molecule has 3 rings (SSSR count). The van der Waals surface area contributed by atoms with Crippen molar-refractivity contribution >= 4 is 17.8 Å². The summed E-state index contributed by atoms with van der Waals surface area (Å²) in [4.78, 5) is 39.0. The first-order valence-electron chi connectivity index (χ1n) is 10.3. The van der Waals surface area contributed by atoms with Crippen molar-refractivity contribution in [3.63, 3.8) is 0 Å². The van der Waals surface area contributed by atoms with E-state index in [2.05, 4.69) is 23.6 Å². The molecule has 2 aliphatic rings. The molecular weight excluding hydrogens is 368 g/mol. The van der Waals surface area contributed by atoms with Crippen LogP contribution >= 0.6 is 0 Å². The number of aryl methyl sites for hydroxylation is 1. The fraction of sp³-hybridized carbons (Fsp3) is 0.545. The molecule has 1 aliphatic carbocycles. The molecule has 1 aliphatic heterocycles. The largest absolute Gasteiger partial charge is 0.336 e. The molecule has 0 bridgehead atoms. The fourth-order valence-corrected chi connectivity index (χ4v) is 4.20. The highest BCUT2D eigenvalue weighted by atomic mass is 16.2. The van der Waals surface area contributed by atoms with Crippen molar-refractivity contribution in [3.8, 4) is 6.07 Å². The molecule has 0 radical (unpaired) electrons. The number of amides is 4. The van der Waals surface area contributed by atoms with Crippen LogP contribution in [0.1, 0.15) is 63.5 Å². The van der Waals surface area contributed by atoms with E-state index in [0.29, 0.717) is 18.4 Å². The normalized spacial score (nSPS) is 23.4. The van der Waals surface area contributed by atoms with Gasteiger partial charge >= 0.3 is 6.03 Å². The van der Waals surface area contributed by atoms with E-state index >= 15 is 0 Å². The van der Waals surface area contributed by atoms with Crippen LogP contribution in [0, 0.1) is 11.3 Å². The van der Waals surface area contributed by atoms with E-state index < -0.39 is 35.5 Å². The van der Waals surface area contributed by atoms with Gasteiger partial charge in [-0.15, -0.1) is 0 Å². The SMILES string of the molecule is CCCc1ccc([C@@]2(C)NC(=O)N(CC(=O)NC3(C#N)CCCCC3)C2=O)cc1. The summed E-state index contributed by atoms with van der Waals surface area (Å²) in [5, 5.41) is 15.0. The summed E-state index contributed by atoms with van der Waals surface area (Å²) in [5.41, 5.74) is -0.256. The molecule has 4 amide bonds. The predicted molar refractivity (Wildman–Crippen MR) is 108 cm³/mol. The van der Waals surface area contributed by atoms with Crippen molar-refractivity contribution in [2.75, 3.05) is 6.54 Å². The number of benzene rings is 1. The minimum atomic E-state index is -1.21. The molecular formula is C22H28N4O3. The van der Waals surface area contributed by atoms with E-state index in [1.165, 1.54) is 5.56 Å². The zero-order chi connectivity index (χ0) is 21.1. The Hall–Kier alpha value is -2.88. The van der Waals surface area contributed by atoms with Crippen molar-refractivity contribution in [1.82, 2.24) is 15.5 Å². The van der Waals surface area contributed by atoms with Crippen LogP contribution < -0.4 is 10.6 Å². The monoisotopic (exact) mass is 396 g/mol. The lowest BCUT2D eigenvalue weighted by Crippen LogP contribution is -2.52. The van der Waals surface area contributed by atoms with Gasteiger partial charge in [-0.05, 0) is 37.3 Å². The molecule has 1 saturated carbocycles. The summed E-state index contributed by atoms with van der Waals surface area (Å²) in [7, 11) is 0. The molecule has 1 atom stereocenters. The Morgan fingerprint density at radius 3 is 2.45 bits per heavy atom. The average Bonchev–Trinajstić information content (AvgIpc) is 2.93. The van der Waals surface area contributed by atoms with E-state index in [1.54, 1.807) is 6.92 Å². The molecule has 0 aromatic heterocycles. The number of nitriles is 1. The van der Waals surface area contributed by atoms with Crippen LogP contribution in [0.5, 0.6) is 0 Å². The summed E-state index contributed by atoms with van der Waals surface area (Å²) < 4.78 is 0. The van der Waals surface area contributed by atoms with E-state index in [4.69, 9.17) is 0 Å². The lowest BCUT2D eigenvalue weighted by atomic mass is 9.83. The summed E-state index contributed by atoms with van der Waals surface area (Å²) in [6.45, 7) is 3.36. The number of hydrogen-bond acceptors (Lipinski definition) is 4. The van der Waals surface area contributed by atoms with Crippen LogP contribution in [-0.4, -0.2) is 34.8 Å². The van der Waals surface area contributed by atoms with E-state index in [0.717, 1.165) is 37.0 Å². The van der Waals surface area contributed by atoms with Crippen LogP contribution in [0.15, 0.2) is 24.3 Å². The number of rotatable bonds is 6. The third-order valence-electron chi connectivity index (χ3n) is 5.95. The molecule has 2 fully saturated rings. The second-order valence-electron chi connectivity index (χ2n) is 8.20. The molecule has 7 heteroatoms. The van der Waals surface area contributed by atoms with Gasteiger partial charge in [0.25, 0.3) is 5.91 Å². The van der Waals surface area contributed by atoms with Crippen LogP contribution in [0.3, 0.4) is 0 Å². The van der Waals surface area contributed by atoms with Crippen molar-refractivity contribution in [3.05, 3.63) is 35.4 Å². The Morgan fingerprint density at radius 1 is 1.21 bits per heavy atom. The predicted octanol–water partition coefficient (Wildman–Crippen LogP) is 2.75. The highest BCUT2D eigenvalue weighted by molar-refractivity contribution is 6.09. The highest BCUT2D eigenvalue weighted by Gasteiger charge is 2.49. The van der Waals surface area contributed by atoms with Crippen LogP contribution in [-0.2, 0) is 21.5 Å². The number of nitrogens with zero attached hydrogens (tertiary/aromatic N) is 2. The van der Waals surface area contributed by atoms with Gasteiger partial charge in [0.15, 0.2) is 0 Å². The van der Waals surface area contributed by atoms with Crippen molar-refractivity contribution < 1.29 is 14.4 Å². The van der Waals surface area contributed by atoms with Gasteiger partial charge in [0, 0.05) is 0 Å². The number of nitrogens with one attached hydrogen (secondary N) is 2. The van der Waals surface area contributed by atoms with Gasteiger partial charge in [-0.25, -0.2) is 4.79 Å². The van der Waals surface area contributed by atoms with Crippen LogP contribution in [0.4, 0.5) is 4.79 Å². The Labute approximate surface area is 171 Å². The average molecular weight is 396 g/mol. The lowest BCUT2D eigenvalue weighted by Gasteiger charge is -2.32. The molecule has 7 nitrogen and oxygen atoms in total. The standard InChI is InChI=1S/C22H28N4O3/c1-3-7-16-8-10-17(11-9-16)21(2)19(28)26(20(29)25-21)14-18(27)24-22(15-23)12-5-4-6-13-22/h8-11H,3-7,12-14H2,1-2H3,(H,24,27)(H,25,29)/t21-/m1/s1. The Balaban J connectivity index is 1.71. The number of urea groups is 1. The summed E-state index contributed by atoms with van der Waals surface area (Å²) >= 11 is 0. The minimum Gasteiger partial charge on any atom is -0.336 e. The molecule has 1 aromatic carbocycles. The number of carbonyl (C=O) groups excluding carboxylic acids is 3. The highest BCUT2D eigenvalue weighted by Crippen LogP contribution is 2.30. The van der Waals surface area contributed by atoms with Gasteiger partial charge in [-0.1, -0.05) is 56.9 Å². The molecule has 2 N–H and O–H groups in total. The molecule has 1 saturated heterocycles. The van der Waals surface area contributed by atoms with Gasteiger partial charge in [-0.3, -0.25) is 14.5 Å². The first-order valence-corrected chi connectivity index (χ1v) is 10.3. The first-order chi connectivity index (χ1) is 13.8. The first kappa shape index (κ1) is 20.8. The Kier molecular flexibility index (Phi) is 5.92. The molecule has 0 unspecified atom stereocenters. The van der Waals surface area contributed by atoms with Crippen LogP contribution in [0.25, 0.3) is 0 Å². The smallest absolute Gasteiger partial charge is 0.325 e. The van der Waals surface area contributed by atoms with Crippen molar-refractivity contribution in [1.29, 1.82) is 5.26 Å². The number of imide groups is 1.